The molecule has 236 valence electrons. The largest absolute Gasteiger partial charge is 0.319 e. The van der Waals surface area contributed by atoms with Gasteiger partial charge >= 0.3 is 0 Å². The summed E-state index contributed by atoms with van der Waals surface area (Å²) in [6, 6.07) is 56.2. The van der Waals surface area contributed by atoms with Crippen molar-refractivity contribution in [1.82, 2.24) is 0 Å². The van der Waals surface area contributed by atoms with Gasteiger partial charge in [0, 0.05) is 22.6 Å². The first-order valence-corrected chi connectivity index (χ1v) is 16.8. The van der Waals surface area contributed by atoms with E-state index < -0.39 is 0 Å². The Morgan fingerprint density at radius 1 is 0.500 bits per heavy atom. The van der Waals surface area contributed by atoms with Gasteiger partial charge in [-0.3, -0.25) is 0 Å². The van der Waals surface area contributed by atoms with Crippen LogP contribution in [-0.4, -0.2) is 18.2 Å². The van der Waals surface area contributed by atoms with Crippen molar-refractivity contribution in [1.29, 1.82) is 0 Å². The first-order chi connectivity index (χ1) is 23.6. The zero-order chi connectivity index (χ0) is 32.6. The number of aryl methyl sites for hydroxylation is 1. The van der Waals surface area contributed by atoms with Crippen LogP contribution in [0.4, 0.5) is 34.1 Å². The fraction of sp³-hybridized carbons (Fsp3) is 0.140. The number of hydrogen-bond donors (Lipinski definition) is 0. The van der Waals surface area contributed by atoms with Gasteiger partial charge in [0.2, 0.25) is 0 Å². The van der Waals surface area contributed by atoms with E-state index in [1.807, 2.05) is 0 Å². The van der Waals surface area contributed by atoms with Gasteiger partial charge < -0.3 is 14.7 Å². The van der Waals surface area contributed by atoms with E-state index in [-0.39, 0.29) is 12.3 Å². The summed E-state index contributed by atoms with van der Waals surface area (Å²) in [6.07, 6.45) is 0.891. The molecule has 2 heterocycles. The number of nitrogens with zero attached hydrogens (tertiary/aromatic N) is 5. The van der Waals surface area contributed by atoms with Gasteiger partial charge in [-0.25, -0.2) is 5.01 Å². The summed E-state index contributed by atoms with van der Waals surface area (Å²) in [7, 11) is 0. The topological polar surface area (TPSA) is 25.3 Å². The van der Waals surface area contributed by atoms with Gasteiger partial charge in [0.15, 0.2) is 5.84 Å². The summed E-state index contributed by atoms with van der Waals surface area (Å²) in [4.78, 5) is 7.27. The summed E-state index contributed by atoms with van der Waals surface area (Å²) in [5.41, 5.74) is 12.0. The maximum absolute atomic E-state index is 5.30. The maximum Gasteiger partial charge on any atom is 0.162 e. The highest BCUT2D eigenvalue weighted by Gasteiger charge is 2.37. The summed E-state index contributed by atoms with van der Waals surface area (Å²) < 4.78 is 0. The quantitative estimate of drug-likeness (QED) is 0.176. The van der Waals surface area contributed by atoms with Gasteiger partial charge in [-0.05, 0) is 92.4 Å². The number of hydrazone groups is 1. The number of rotatable bonds is 7. The zero-order valence-corrected chi connectivity index (χ0v) is 27.6. The van der Waals surface area contributed by atoms with Gasteiger partial charge in [-0.2, -0.15) is 5.10 Å². The molecule has 0 saturated heterocycles. The van der Waals surface area contributed by atoms with Crippen LogP contribution in [0, 0.1) is 6.92 Å². The van der Waals surface area contributed by atoms with Crippen LogP contribution >= 0.6 is 0 Å². The molecule has 0 fully saturated rings. The molecule has 0 spiro atoms. The van der Waals surface area contributed by atoms with E-state index in [0.29, 0.717) is 0 Å². The predicted molar refractivity (Wildman–Crippen MR) is 201 cm³/mol. The molecule has 2 unspecified atom stereocenters. The molecular formula is C43H39N5. The third-order valence-corrected chi connectivity index (χ3v) is 9.57. The van der Waals surface area contributed by atoms with E-state index in [2.05, 4.69) is 198 Å². The molecule has 8 rings (SSSR count). The molecule has 6 aromatic carbocycles. The lowest BCUT2D eigenvalue weighted by atomic mass is 10.0. The molecular weight excluding hydrogens is 587 g/mol. The van der Waals surface area contributed by atoms with Gasteiger partial charge in [0.25, 0.3) is 0 Å². The van der Waals surface area contributed by atoms with E-state index in [9.17, 15) is 0 Å². The van der Waals surface area contributed by atoms with E-state index in [1.54, 1.807) is 0 Å². The normalized spacial score (nSPS) is 17.1. The standard InChI is InChI=1S/C43H39N5/c1-31-17-13-15-25-39(31)47-32(2)45(37-21-9-5-10-22-37)41-28-27-34(30-42(41)47)29-36-20-14-16-26-40(36)48-33(3)46(38-23-11-6-12-24-38)43(44-48)35-18-7-4-8-19-35/h4-28,30,32-33H,29H2,1-3H3. The molecule has 0 bridgehead atoms. The van der Waals surface area contributed by atoms with Crippen molar-refractivity contribution < 1.29 is 0 Å². The second kappa shape index (κ2) is 12.4. The second-order valence-electron chi connectivity index (χ2n) is 12.6. The molecule has 2 aliphatic rings. The van der Waals surface area contributed by atoms with Crippen LogP contribution in [0.3, 0.4) is 0 Å². The molecule has 48 heavy (non-hydrogen) atoms. The highest BCUT2D eigenvalue weighted by atomic mass is 15.6. The van der Waals surface area contributed by atoms with Crippen LogP contribution in [0.5, 0.6) is 0 Å². The third kappa shape index (κ3) is 5.18. The van der Waals surface area contributed by atoms with E-state index >= 15 is 0 Å². The molecule has 0 aromatic heterocycles. The average molecular weight is 626 g/mol. The Hall–Kier alpha value is -5.81. The highest BCUT2D eigenvalue weighted by molar-refractivity contribution is 6.12. The lowest BCUT2D eigenvalue weighted by Crippen LogP contribution is -2.40. The SMILES string of the molecule is Cc1ccccc1N1c2cc(Cc3ccccc3N3N=C(c4ccccc4)N(c4ccccc4)C3C)ccc2N(c2ccccc2)C1C. The summed E-state index contributed by atoms with van der Waals surface area (Å²) >= 11 is 0. The smallest absolute Gasteiger partial charge is 0.162 e. The molecule has 0 aliphatic carbocycles. The lowest BCUT2D eigenvalue weighted by molar-refractivity contribution is 0.714. The average Bonchev–Trinajstić information content (AvgIpc) is 3.62. The minimum Gasteiger partial charge on any atom is -0.319 e. The zero-order valence-electron chi connectivity index (χ0n) is 27.6. The van der Waals surface area contributed by atoms with Crippen molar-refractivity contribution in [3.63, 3.8) is 0 Å². The Kier molecular flexibility index (Phi) is 7.65. The Morgan fingerprint density at radius 2 is 1.08 bits per heavy atom. The summed E-state index contributed by atoms with van der Waals surface area (Å²) in [5.74, 6) is 0.950. The summed E-state index contributed by atoms with van der Waals surface area (Å²) in [6.45, 7) is 6.73. The second-order valence-corrected chi connectivity index (χ2v) is 12.6. The van der Waals surface area contributed by atoms with Crippen LogP contribution in [0.25, 0.3) is 0 Å². The van der Waals surface area contributed by atoms with Crippen LogP contribution < -0.4 is 19.7 Å². The van der Waals surface area contributed by atoms with Crippen LogP contribution in [0.2, 0.25) is 0 Å². The molecule has 0 radical (unpaired) electrons. The number of fused-ring (bicyclic) bond motifs is 1. The first-order valence-electron chi connectivity index (χ1n) is 16.8. The number of amidine groups is 1. The van der Waals surface area contributed by atoms with E-state index in [1.165, 1.54) is 39.4 Å². The van der Waals surface area contributed by atoms with Gasteiger partial charge in [0.05, 0.1) is 17.1 Å². The van der Waals surface area contributed by atoms with Crippen molar-refractivity contribution in [2.24, 2.45) is 5.10 Å². The van der Waals surface area contributed by atoms with Gasteiger partial charge in [-0.15, -0.1) is 0 Å². The van der Waals surface area contributed by atoms with Crippen molar-refractivity contribution in [2.75, 3.05) is 19.7 Å². The Morgan fingerprint density at radius 3 is 1.77 bits per heavy atom. The minimum atomic E-state index is -0.0133. The van der Waals surface area contributed by atoms with Crippen molar-refractivity contribution >= 4 is 40.0 Å². The van der Waals surface area contributed by atoms with Crippen molar-refractivity contribution in [2.45, 2.75) is 39.5 Å². The van der Waals surface area contributed by atoms with Crippen LogP contribution in [0.15, 0.2) is 163 Å². The highest BCUT2D eigenvalue weighted by Crippen LogP contribution is 2.49. The molecule has 5 heteroatoms. The molecule has 0 N–H and O–H groups in total. The molecule has 2 atom stereocenters. The molecule has 0 amide bonds. The molecule has 0 saturated carbocycles. The molecule has 6 aromatic rings. The van der Waals surface area contributed by atoms with Gasteiger partial charge in [-0.1, -0.05) is 109 Å². The number of benzene rings is 6. The fourth-order valence-electron chi connectivity index (χ4n) is 7.29. The Bertz CT molecular complexity index is 2080. The van der Waals surface area contributed by atoms with Crippen LogP contribution in [-0.2, 0) is 6.42 Å². The van der Waals surface area contributed by atoms with Crippen molar-refractivity contribution in [3.05, 3.63) is 180 Å². The molecule has 2 aliphatic heterocycles. The third-order valence-electron chi connectivity index (χ3n) is 9.57. The Labute approximate surface area is 283 Å². The fourth-order valence-corrected chi connectivity index (χ4v) is 7.29. The van der Waals surface area contributed by atoms with Gasteiger partial charge in [0.1, 0.15) is 12.3 Å². The Balaban J connectivity index is 1.19. The monoisotopic (exact) mass is 625 g/mol. The lowest BCUT2D eigenvalue weighted by Gasteiger charge is -2.31. The van der Waals surface area contributed by atoms with Crippen LogP contribution in [0.1, 0.15) is 36.1 Å². The number of anilines is 6. The minimum absolute atomic E-state index is 0.0133. The summed E-state index contributed by atoms with van der Waals surface area (Å²) in [5, 5.41) is 7.49. The van der Waals surface area contributed by atoms with E-state index in [0.717, 1.165) is 29.2 Å². The predicted octanol–water partition coefficient (Wildman–Crippen LogP) is 10.3. The van der Waals surface area contributed by atoms with E-state index in [4.69, 9.17) is 5.10 Å². The maximum atomic E-state index is 5.30. The molecule has 5 nitrogen and oxygen atoms in total. The number of para-hydroxylation sites is 4. The number of hydrogen-bond acceptors (Lipinski definition) is 5. The van der Waals surface area contributed by atoms with Crippen molar-refractivity contribution in [3.8, 4) is 0 Å². The first kappa shape index (κ1) is 29.6.